The molecule has 1 heterocycles. The van der Waals surface area contributed by atoms with Gasteiger partial charge in [0.1, 0.15) is 6.04 Å². The van der Waals surface area contributed by atoms with Crippen LogP contribution in [0.15, 0.2) is 17.2 Å². The van der Waals surface area contributed by atoms with Gasteiger partial charge in [0, 0.05) is 24.7 Å². The van der Waals surface area contributed by atoms with E-state index < -0.39 is 48.4 Å². The Hall–Kier alpha value is -3.48. The van der Waals surface area contributed by atoms with Crippen molar-refractivity contribution in [1.29, 1.82) is 5.41 Å². The van der Waals surface area contributed by atoms with Crippen molar-refractivity contribution in [1.82, 2.24) is 19.8 Å². The maximum atomic E-state index is 13.0. The highest BCUT2D eigenvalue weighted by Crippen LogP contribution is 2.11. The van der Waals surface area contributed by atoms with Gasteiger partial charge in [-0.05, 0) is 39.8 Å². The van der Waals surface area contributed by atoms with Gasteiger partial charge in [0.15, 0.2) is 11.6 Å². The molecule has 0 aliphatic rings. The second-order valence-electron chi connectivity index (χ2n) is 8.10. The van der Waals surface area contributed by atoms with Crippen LogP contribution in [0.3, 0.4) is 0 Å². The first-order valence-electron chi connectivity index (χ1n) is 11.2. The van der Waals surface area contributed by atoms with Crippen LogP contribution in [0.4, 0.5) is 10.2 Å². The van der Waals surface area contributed by atoms with Crippen LogP contribution in [0, 0.1) is 5.41 Å². The molecule has 13 heteroatoms. The first kappa shape index (κ1) is 29.6. The van der Waals surface area contributed by atoms with Crippen molar-refractivity contribution >= 4 is 34.9 Å². The summed E-state index contributed by atoms with van der Waals surface area (Å²) < 4.78 is 13.4. The Morgan fingerprint density at radius 3 is 2.60 bits per heavy atom. The summed E-state index contributed by atoms with van der Waals surface area (Å²) in [5, 5.41) is 31.3. The van der Waals surface area contributed by atoms with Crippen molar-refractivity contribution in [2.75, 3.05) is 38.7 Å². The summed E-state index contributed by atoms with van der Waals surface area (Å²) in [7, 11) is 1.64. The number of hydrogen-bond donors (Lipinski definition) is 4. The van der Waals surface area contributed by atoms with E-state index in [1.165, 1.54) is 19.3 Å². The van der Waals surface area contributed by atoms with Gasteiger partial charge in [-0.25, -0.2) is 4.98 Å². The van der Waals surface area contributed by atoms with E-state index in [1.54, 1.807) is 18.9 Å². The molecular weight excluding hydrogens is 461 g/mol. The number of nitrogens with zero attached hydrogens (tertiary/aromatic N) is 4. The minimum atomic E-state index is -1.31. The lowest BCUT2D eigenvalue weighted by molar-refractivity contribution is -0.140. The van der Waals surface area contributed by atoms with Crippen LogP contribution in [-0.2, 0) is 14.4 Å². The zero-order valence-electron chi connectivity index (χ0n) is 20.2. The van der Waals surface area contributed by atoms with Gasteiger partial charge in [-0.2, -0.15) is 0 Å². The molecule has 0 bridgehead atoms. The topological polar surface area (TPSA) is 180 Å². The van der Waals surface area contributed by atoms with Gasteiger partial charge in [0.25, 0.3) is 5.56 Å². The maximum absolute atomic E-state index is 13.0. The van der Waals surface area contributed by atoms with Crippen LogP contribution in [0.1, 0.15) is 45.6 Å². The van der Waals surface area contributed by atoms with E-state index in [0.29, 0.717) is 19.4 Å². The summed E-state index contributed by atoms with van der Waals surface area (Å²) in [6.45, 7) is 2.66. The zero-order valence-corrected chi connectivity index (χ0v) is 20.2. The molecule has 0 spiro atoms. The molecule has 0 aliphatic heterocycles. The first-order valence-corrected chi connectivity index (χ1v) is 11.2. The molecule has 12 nitrogen and oxygen atoms in total. The highest BCUT2D eigenvalue weighted by Gasteiger charge is 2.28. The number of alkyl halides is 1. The molecule has 2 unspecified atom stereocenters. The van der Waals surface area contributed by atoms with Gasteiger partial charge in [-0.3, -0.25) is 33.0 Å². The van der Waals surface area contributed by atoms with Crippen LogP contribution in [-0.4, -0.2) is 88.0 Å². The second-order valence-corrected chi connectivity index (χ2v) is 8.10. The third kappa shape index (κ3) is 9.73. The highest BCUT2D eigenvalue weighted by molar-refractivity contribution is 6.42. The van der Waals surface area contributed by atoms with E-state index in [2.05, 4.69) is 15.6 Å². The van der Waals surface area contributed by atoms with Crippen molar-refractivity contribution in [3.63, 3.8) is 0 Å². The monoisotopic (exact) mass is 494 g/mol. The van der Waals surface area contributed by atoms with Crippen molar-refractivity contribution in [3.8, 4) is 0 Å². The number of carboxylic acid groups (broad SMARTS) is 1. The van der Waals surface area contributed by atoms with Gasteiger partial charge >= 0.3 is 5.97 Å². The summed E-state index contributed by atoms with van der Waals surface area (Å²) in [6, 6.07) is -2.37. The Labute approximate surface area is 202 Å². The molecule has 0 saturated carbocycles. The van der Waals surface area contributed by atoms with Crippen LogP contribution in [0.25, 0.3) is 5.41 Å². The molecular formula is C22H33FN7O5-. The number of halogens is 1. The van der Waals surface area contributed by atoms with E-state index in [1.807, 2.05) is 0 Å². The molecule has 194 valence electrons. The Morgan fingerprint density at radius 2 is 2.03 bits per heavy atom. The van der Waals surface area contributed by atoms with Gasteiger partial charge in [-0.15, -0.1) is 5.71 Å². The Bertz CT molecular complexity index is 981. The third-order valence-electron chi connectivity index (χ3n) is 5.18. The van der Waals surface area contributed by atoms with Crippen molar-refractivity contribution in [2.45, 2.75) is 51.6 Å². The fourth-order valence-electron chi connectivity index (χ4n) is 3.22. The number of unbranched alkanes of at least 4 members (excludes halogenated alkanes) is 1. The molecule has 35 heavy (non-hydrogen) atoms. The number of anilines is 1. The van der Waals surface area contributed by atoms with Gasteiger partial charge in [0.2, 0.25) is 5.91 Å². The van der Waals surface area contributed by atoms with E-state index in [0.717, 1.165) is 4.57 Å². The van der Waals surface area contributed by atoms with E-state index in [9.17, 15) is 34.1 Å². The molecule has 0 radical (unpaired) electrons. The van der Waals surface area contributed by atoms with Gasteiger partial charge < -0.3 is 26.6 Å². The summed E-state index contributed by atoms with van der Waals surface area (Å²) in [6.07, 6.45) is 2.98. The fraction of sp³-hybridized carbons (Fsp3) is 0.591. The Balaban J connectivity index is 3.01. The standard InChI is InChI=1S/C22H33FN7O5/c1-4-17(30-10-8-26-20(22(30)35)27-12-15(25)14(2)24)21(34)28-16(11-19(32)33)18(31)13-29(3)9-6-5-7-23/h8,10,16-17,24H,4-7,9,11-13H2,1-3H3,(H,26,27)(H,28,34)(H,32,33)/q-1. The zero-order chi connectivity index (χ0) is 26.5. The number of carbonyl (C=O) groups excluding carboxylic acids is 2. The van der Waals surface area contributed by atoms with Gasteiger partial charge in [0.05, 0.1) is 25.7 Å². The van der Waals surface area contributed by atoms with Crippen LogP contribution in [0.5, 0.6) is 0 Å². The lowest BCUT2D eigenvalue weighted by Crippen LogP contribution is -2.49. The molecule has 0 fully saturated rings. The summed E-state index contributed by atoms with van der Waals surface area (Å²) in [5.41, 5.74) is -1.03. The SMILES string of the molecule is CCC(C(=O)NC(CC(=O)O)C(=O)CN(C)CCCCF)n1ccnc(NCC(=[N-])C(C)=N)c1=O. The molecule has 2 atom stereocenters. The normalized spacial score (nSPS) is 12.6. The number of aromatic nitrogens is 2. The van der Waals surface area contributed by atoms with E-state index in [-0.39, 0.29) is 36.8 Å². The minimum Gasteiger partial charge on any atom is -0.805 e. The molecule has 1 amide bonds. The smallest absolute Gasteiger partial charge is 0.305 e. The fourth-order valence-corrected chi connectivity index (χ4v) is 3.22. The summed E-state index contributed by atoms with van der Waals surface area (Å²) >= 11 is 0. The lowest BCUT2D eigenvalue weighted by Gasteiger charge is -2.24. The van der Waals surface area contributed by atoms with Crippen molar-refractivity contribution in [2.24, 2.45) is 0 Å². The number of carboxylic acids is 1. The predicted molar refractivity (Wildman–Crippen MR) is 130 cm³/mol. The Morgan fingerprint density at radius 1 is 1.34 bits per heavy atom. The van der Waals surface area contributed by atoms with E-state index in [4.69, 9.17) is 5.41 Å². The predicted octanol–water partition coefficient (Wildman–Crippen LogP) is 0.866. The lowest BCUT2D eigenvalue weighted by atomic mass is 10.1. The van der Waals surface area contributed by atoms with Crippen LogP contribution in [0.2, 0.25) is 0 Å². The average Bonchev–Trinajstić information content (AvgIpc) is 2.78. The second kappa shape index (κ2) is 14.7. The molecule has 0 saturated heterocycles. The van der Waals surface area contributed by atoms with E-state index >= 15 is 0 Å². The molecule has 1 aromatic heterocycles. The molecule has 1 rings (SSSR count). The summed E-state index contributed by atoms with van der Waals surface area (Å²) in [5.74, 6) is -2.66. The van der Waals surface area contributed by atoms with Crippen LogP contribution >= 0.6 is 0 Å². The van der Waals surface area contributed by atoms with Crippen molar-refractivity contribution in [3.05, 3.63) is 28.2 Å². The number of likely N-dealkylation sites (N-methyl/N-ethyl adjacent to an activating group) is 1. The third-order valence-corrected chi connectivity index (χ3v) is 5.18. The number of hydrogen-bond acceptors (Lipinski definition) is 8. The van der Waals surface area contributed by atoms with Crippen LogP contribution < -0.4 is 16.2 Å². The first-order chi connectivity index (χ1) is 16.5. The maximum Gasteiger partial charge on any atom is 0.305 e. The van der Waals surface area contributed by atoms with Gasteiger partial charge in [-0.1, -0.05) is 6.92 Å². The number of ketones is 1. The number of carbonyl (C=O) groups is 3. The minimum absolute atomic E-state index is 0.0817. The molecule has 0 aliphatic carbocycles. The molecule has 1 aromatic rings. The molecule has 0 aromatic carbocycles. The number of nitrogens with one attached hydrogen (secondary N) is 3. The van der Waals surface area contributed by atoms with Crippen molar-refractivity contribution < 1.29 is 23.9 Å². The number of rotatable bonds is 17. The number of aliphatic carboxylic acids is 1. The number of Topliss-reactive ketones (excluding diaryl/α,β-unsaturated/α-hetero) is 1. The number of amides is 1. The quantitative estimate of drug-likeness (QED) is 0.182. The Kier molecular flexibility index (Phi) is 12.4. The largest absolute Gasteiger partial charge is 0.805 e. The highest BCUT2D eigenvalue weighted by atomic mass is 19.1. The summed E-state index contributed by atoms with van der Waals surface area (Å²) in [4.78, 5) is 55.4. The average molecular weight is 495 g/mol. The molecule has 4 N–H and O–H groups in total.